The number of carbonyl (C=O) groups is 1. The maximum Gasteiger partial charge on any atom is 0.222 e. The monoisotopic (exact) mass is 361 g/mol. The SMILES string of the molecule is CC(=O)Nc1cc(-c2[nH]c3cc(F)cnc3c2-c2ccc(C)cn2)ccn1. The van der Waals surface area contributed by atoms with Crippen LogP contribution in [0.2, 0.25) is 0 Å². The number of rotatable bonds is 3. The number of amides is 1. The molecule has 7 heteroatoms. The molecule has 6 nitrogen and oxygen atoms in total. The van der Waals surface area contributed by atoms with Crippen molar-refractivity contribution in [3.05, 3.63) is 60.3 Å². The summed E-state index contributed by atoms with van der Waals surface area (Å²) in [4.78, 5) is 27.5. The Balaban J connectivity index is 1.96. The minimum absolute atomic E-state index is 0.208. The Kier molecular flexibility index (Phi) is 4.12. The molecule has 0 aromatic carbocycles. The number of aromatic nitrogens is 4. The molecule has 0 aliphatic heterocycles. The van der Waals surface area contributed by atoms with Gasteiger partial charge in [0, 0.05) is 30.9 Å². The number of aromatic amines is 1. The predicted octanol–water partition coefficient (Wildman–Crippen LogP) is 4.09. The zero-order valence-corrected chi connectivity index (χ0v) is 14.7. The lowest BCUT2D eigenvalue weighted by Gasteiger charge is -2.07. The molecule has 4 rings (SSSR count). The second-order valence-corrected chi connectivity index (χ2v) is 6.26. The van der Waals surface area contributed by atoms with Gasteiger partial charge in [-0.2, -0.15) is 0 Å². The van der Waals surface area contributed by atoms with Gasteiger partial charge in [-0.05, 0) is 30.7 Å². The summed E-state index contributed by atoms with van der Waals surface area (Å²) in [6, 6.07) is 8.83. The third-order valence-corrected chi connectivity index (χ3v) is 4.12. The molecule has 0 fully saturated rings. The predicted molar refractivity (Wildman–Crippen MR) is 102 cm³/mol. The van der Waals surface area contributed by atoms with Gasteiger partial charge in [-0.1, -0.05) is 6.07 Å². The zero-order valence-electron chi connectivity index (χ0n) is 14.7. The first-order chi connectivity index (χ1) is 13.0. The Morgan fingerprint density at radius 1 is 1.11 bits per heavy atom. The number of pyridine rings is 3. The lowest BCUT2D eigenvalue weighted by Crippen LogP contribution is -2.07. The fourth-order valence-electron chi connectivity index (χ4n) is 2.97. The second-order valence-electron chi connectivity index (χ2n) is 6.26. The average molecular weight is 361 g/mol. The minimum atomic E-state index is -0.424. The van der Waals surface area contributed by atoms with Crippen LogP contribution < -0.4 is 5.32 Å². The Morgan fingerprint density at radius 2 is 1.96 bits per heavy atom. The lowest BCUT2D eigenvalue weighted by atomic mass is 10.0. The van der Waals surface area contributed by atoms with E-state index in [4.69, 9.17) is 0 Å². The molecular formula is C20H16FN5O. The molecule has 0 saturated heterocycles. The van der Waals surface area contributed by atoms with Crippen molar-refractivity contribution < 1.29 is 9.18 Å². The Labute approximate surface area is 154 Å². The number of hydrogen-bond acceptors (Lipinski definition) is 4. The van der Waals surface area contributed by atoms with Crippen molar-refractivity contribution >= 4 is 22.8 Å². The van der Waals surface area contributed by atoms with E-state index in [9.17, 15) is 9.18 Å². The van der Waals surface area contributed by atoms with Gasteiger partial charge in [0.05, 0.1) is 34.2 Å². The normalized spacial score (nSPS) is 10.9. The molecule has 1 amide bonds. The highest BCUT2D eigenvalue weighted by atomic mass is 19.1. The standard InChI is InChI=1S/C20H16FN5O/c1-11-3-4-15(23-9-11)18-19(26-16-8-14(21)10-24-20(16)18)13-5-6-22-17(7-13)25-12(2)27/h3-10,26H,1-2H3,(H,22,25,27). The minimum Gasteiger partial charge on any atom is -0.353 e. The molecule has 0 aliphatic carbocycles. The number of nitrogens with zero attached hydrogens (tertiary/aromatic N) is 3. The maximum atomic E-state index is 13.7. The van der Waals surface area contributed by atoms with Gasteiger partial charge in [0.1, 0.15) is 11.6 Å². The van der Waals surface area contributed by atoms with Crippen LogP contribution in [0.4, 0.5) is 10.2 Å². The summed E-state index contributed by atoms with van der Waals surface area (Å²) in [7, 11) is 0. The molecule has 4 heterocycles. The summed E-state index contributed by atoms with van der Waals surface area (Å²) >= 11 is 0. The van der Waals surface area contributed by atoms with E-state index in [1.165, 1.54) is 19.2 Å². The van der Waals surface area contributed by atoms with E-state index < -0.39 is 5.82 Å². The largest absolute Gasteiger partial charge is 0.353 e. The molecule has 0 radical (unpaired) electrons. The molecule has 4 aromatic heterocycles. The van der Waals surface area contributed by atoms with E-state index in [-0.39, 0.29) is 5.91 Å². The molecule has 2 N–H and O–H groups in total. The summed E-state index contributed by atoms with van der Waals surface area (Å²) in [5.41, 5.74) is 5.23. The quantitative estimate of drug-likeness (QED) is 0.576. The highest BCUT2D eigenvalue weighted by Gasteiger charge is 2.18. The van der Waals surface area contributed by atoms with Crippen molar-refractivity contribution in [2.24, 2.45) is 0 Å². The van der Waals surface area contributed by atoms with Crippen molar-refractivity contribution in [3.63, 3.8) is 0 Å². The van der Waals surface area contributed by atoms with Crippen LogP contribution in [0.5, 0.6) is 0 Å². The molecule has 0 unspecified atom stereocenters. The van der Waals surface area contributed by atoms with Crippen molar-refractivity contribution in [1.82, 2.24) is 19.9 Å². The van der Waals surface area contributed by atoms with Gasteiger partial charge >= 0.3 is 0 Å². The molecule has 0 saturated carbocycles. The van der Waals surface area contributed by atoms with Crippen molar-refractivity contribution in [1.29, 1.82) is 0 Å². The van der Waals surface area contributed by atoms with Crippen LogP contribution in [0.25, 0.3) is 33.5 Å². The third kappa shape index (κ3) is 3.27. The number of carbonyl (C=O) groups excluding carboxylic acids is 1. The number of aryl methyl sites for hydroxylation is 1. The molecule has 0 aliphatic rings. The average Bonchev–Trinajstić information content (AvgIpc) is 3.00. The van der Waals surface area contributed by atoms with Gasteiger partial charge in [-0.15, -0.1) is 0 Å². The summed E-state index contributed by atoms with van der Waals surface area (Å²) in [6.07, 6.45) is 4.57. The van der Waals surface area contributed by atoms with E-state index in [1.54, 1.807) is 18.5 Å². The van der Waals surface area contributed by atoms with Gasteiger partial charge in [0.15, 0.2) is 0 Å². The highest BCUT2D eigenvalue weighted by Crippen LogP contribution is 2.37. The summed E-state index contributed by atoms with van der Waals surface area (Å²) < 4.78 is 13.7. The van der Waals surface area contributed by atoms with Crippen LogP contribution in [0.3, 0.4) is 0 Å². The van der Waals surface area contributed by atoms with Gasteiger partial charge in [-0.25, -0.2) is 9.37 Å². The van der Waals surface area contributed by atoms with Gasteiger partial charge in [0.25, 0.3) is 0 Å². The smallest absolute Gasteiger partial charge is 0.222 e. The molecule has 0 spiro atoms. The number of hydrogen-bond donors (Lipinski definition) is 2. The number of H-pyrrole nitrogens is 1. The first-order valence-electron chi connectivity index (χ1n) is 8.35. The molecular weight excluding hydrogens is 345 g/mol. The first-order valence-corrected chi connectivity index (χ1v) is 8.35. The van der Waals surface area contributed by atoms with E-state index in [0.717, 1.165) is 28.1 Å². The van der Waals surface area contributed by atoms with Crippen LogP contribution in [0, 0.1) is 12.7 Å². The van der Waals surface area contributed by atoms with Crippen LogP contribution in [-0.2, 0) is 4.79 Å². The highest BCUT2D eigenvalue weighted by molar-refractivity contribution is 6.01. The lowest BCUT2D eigenvalue weighted by molar-refractivity contribution is -0.114. The van der Waals surface area contributed by atoms with Crippen molar-refractivity contribution in [2.75, 3.05) is 5.32 Å². The summed E-state index contributed by atoms with van der Waals surface area (Å²) in [6.45, 7) is 3.38. The molecule has 0 atom stereocenters. The van der Waals surface area contributed by atoms with Crippen LogP contribution in [0.15, 0.2) is 48.9 Å². The van der Waals surface area contributed by atoms with Gasteiger partial charge < -0.3 is 10.3 Å². The van der Waals surface area contributed by atoms with Crippen molar-refractivity contribution in [3.8, 4) is 22.5 Å². The summed E-state index contributed by atoms with van der Waals surface area (Å²) in [5, 5.41) is 2.67. The maximum absolute atomic E-state index is 13.7. The molecule has 134 valence electrons. The van der Waals surface area contributed by atoms with Crippen LogP contribution in [0.1, 0.15) is 12.5 Å². The third-order valence-electron chi connectivity index (χ3n) is 4.12. The van der Waals surface area contributed by atoms with E-state index >= 15 is 0 Å². The van der Waals surface area contributed by atoms with E-state index in [2.05, 4.69) is 25.3 Å². The van der Waals surface area contributed by atoms with Crippen LogP contribution in [-0.4, -0.2) is 25.8 Å². The Bertz CT molecular complexity index is 1150. The summed E-state index contributed by atoms with van der Waals surface area (Å²) in [5.74, 6) is -0.201. The topological polar surface area (TPSA) is 83.6 Å². The van der Waals surface area contributed by atoms with Crippen molar-refractivity contribution in [2.45, 2.75) is 13.8 Å². The zero-order chi connectivity index (χ0) is 19.0. The number of nitrogens with one attached hydrogen (secondary N) is 2. The molecule has 27 heavy (non-hydrogen) atoms. The number of halogens is 1. The number of anilines is 1. The van der Waals surface area contributed by atoms with Gasteiger partial charge in [0.2, 0.25) is 5.91 Å². The molecule has 0 bridgehead atoms. The number of fused-ring (bicyclic) bond motifs is 1. The molecule has 4 aromatic rings. The van der Waals surface area contributed by atoms with Gasteiger partial charge in [-0.3, -0.25) is 14.8 Å². The van der Waals surface area contributed by atoms with E-state index in [0.29, 0.717) is 16.9 Å². The van der Waals surface area contributed by atoms with Crippen LogP contribution >= 0.6 is 0 Å². The first kappa shape index (κ1) is 16.8. The second kappa shape index (κ2) is 6.60. The van der Waals surface area contributed by atoms with E-state index in [1.807, 2.05) is 25.1 Å². The Morgan fingerprint density at radius 3 is 2.70 bits per heavy atom. The fourth-order valence-corrected chi connectivity index (χ4v) is 2.97. The Hall–Kier alpha value is -3.61. The fraction of sp³-hybridized carbons (Fsp3) is 0.100.